The third-order valence-electron chi connectivity index (χ3n) is 3.74. The molecule has 0 spiro atoms. The highest BCUT2D eigenvalue weighted by Crippen LogP contribution is 2.21. The highest BCUT2D eigenvalue weighted by atomic mass is 35.5. The minimum absolute atomic E-state index is 0.350. The summed E-state index contributed by atoms with van der Waals surface area (Å²) in [5.74, 6) is -0.350. The van der Waals surface area contributed by atoms with E-state index < -0.39 is 0 Å². The van der Waals surface area contributed by atoms with Crippen LogP contribution in [-0.2, 0) is 22.7 Å². The smallest absolute Gasteiger partial charge is 0.337 e. The van der Waals surface area contributed by atoms with Gasteiger partial charge in [0.2, 0.25) is 0 Å². The third-order valence-corrected chi connectivity index (χ3v) is 4.09. The van der Waals surface area contributed by atoms with Crippen LogP contribution < -0.4 is 0 Å². The van der Waals surface area contributed by atoms with Gasteiger partial charge in [0.05, 0.1) is 32.2 Å². The maximum absolute atomic E-state index is 11.4. The second-order valence-corrected chi connectivity index (χ2v) is 5.83. The maximum atomic E-state index is 11.4. The number of rotatable bonds is 6. The number of hydrogen-bond acceptors (Lipinski definition) is 4. The van der Waals surface area contributed by atoms with Gasteiger partial charge in [-0.25, -0.2) is 9.78 Å². The zero-order valence-corrected chi connectivity index (χ0v) is 14.4. The first-order chi connectivity index (χ1) is 12.2. The number of ether oxygens (including phenoxy) is 2. The lowest BCUT2D eigenvalue weighted by Gasteiger charge is -2.09. The zero-order valence-electron chi connectivity index (χ0n) is 13.7. The second-order valence-electron chi connectivity index (χ2n) is 5.43. The van der Waals surface area contributed by atoms with E-state index >= 15 is 0 Å². The van der Waals surface area contributed by atoms with Crippen LogP contribution in [-0.4, -0.2) is 22.6 Å². The van der Waals surface area contributed by atoms with Gasteiger partial charge in [0.15, 0.2) is 0 Å². The number of aromatic nitrogens is 2. The number of hydrogen-bond donors (Lipinski definition) is 0. The first-order valence-electron chi connectivity index (χ1n) is 7.69. The van der Waals surface area contributed by atoms with Crippen LogP contribution in [0.2, 0.25) is 5.02 Å². The van der Waals surface area contributed by atoms with Crippen LogP contribution in [0.4, 0.5) is 0 Å². The van der Waals surface area contributed by atoms with E-state index in [4.69, 9.17) is 16.3 Å². The minimum atomic E-state index is -0.350. The molecule has 0 amide bonds. The Labute approximate surface area is 150 Å². The lowest BCUT2D eigenvalue weighted by atomic mass is 10.1. The van der Waals surface area contributed by atoms with Crippen molar-refractivity contribution in [1.82, 2.24) is 9.55 Å². The molecule has 2 aromatic carbocycles. The van der Waals surface area contributed by atoms with Crippen molar-refractivity contribution >= 4 is 17.6 Å². The average molecular weight is 357 g/mol. The van der Waals surface area contributed by atoms with Crippen LogP contribution in [0.3, 0.4) is 0 Å². The Bertz CT molecular complexity index is 846. The Morgan fingerprint density at radius 3 is 2.60 bits per heavy atom. The number of carbonyl (C=O) groups excluding carboxylic acids is 1. The molecule has 128 valence electrons. The molecule has 0 unspecified atom stereocenters. The SMILES string of the molecule is COC(=O)c1ccc(COCc2ccc(-n3ccnc3)cc2Cl)cc1. The lowest BCUT2D eigenvalue weighted by Crippen LogP contribution is -2.01. The number of imidazole rings is 1. The highest BCUT2D eigenvalue weighted by molar-refractivity contribution is 6.31. The van der Waals surface area contributed by atoms with E-state index in [-0.39, 0.29) is 5.97 Å². The minimum Gasteiger partial charge on any atom is -0.465 e. The normalized spacial score (nSPS) is 10.6. The molecule has 0 atom stereocenters. The summed E-state index contributed by atoms with van der Waals surface area (Å²) in [6.45, 7) is 0.836. The summed E-state index contributed by atoms with van der Waals surface area (Å²) in [7, 11) is 1.36. The fraction of sp³-hybridized carbons (Fsp3) is 0.158. The summed E-state index contributed by atoms with van der Waals surface area (Å²) in [5, 5.41) is 0.646. The van der Waals surface area contributed by atoms with Gasteiger partial charge >= 0.3 is 5.97 Å². The largest absolute Gasteiger partial charge is 0.465 e. The van der Waals surface area contributed by atoms with Gasteiger partial charge in [-0.3, -0.25) is 0 Å². The molecule has 3 aromatic rings. The predicted octanol–water partition coefficient (Wildman–Crippen LogP) is 4.03. The van der Waals surface area contributed by atoms with Crippen molar-refractivity contribution in [2.45, 2.75) is 13.2 Å². The van der Waals surface area contributed by atoms with E-state index in [0.717, 1.165) is 16.8 Å². The van der Waals surface area contributed by atoms with Gasteiger partial charge in [0.25, 0.3) is 0 Å². The molecule has 0 aliphatic heterocycles. The molecule has 6 heteroatoms. The van der Waals surface area contributed by atoms with Gasteiger partial charge in [-0.2, -0.15) is 0 Å². The molecule has 0 bridgehead atoms. The van der Waals surface area contributed by atoms with E-state index in [2.05, 4.69) is 9.72 Å². The van der Waals surface area contributed by atoms with Crippen molar-refractivity contribution in [2.75, 3.05) is 7.11 Å². The maximum Gasteiger partial charge on any atom is 0.337 e. The van der Waals surface area contributed by atoms with Crippen LogP contribution in [0, 0.1) is 0 Å². The molecule has 25 heavy (non-hydrogen) atoms. The topological polar surface area (TPSA) is 53.4 Å². The average Bonchev–Trinajstić information content (AvgIpc) is 3.17. The van der Waals surface area contributed by atoms with Crippen LogP contribution in [0.5, 0.6) is 0 Å². The molecule has 0 saturated carbocycles. The third kappa shape index (κ3) is 4.26. The zero-order chi connectivity index (χ0) is 17.6. The summed E-state index contributed by atoms with van der Waals surface area (Å²) in [4.78, 5) is 15.4. The molecule has 0 aliphatic carbocycles. The fourth-order valence-electron chi connectivity index (χ4n) is 2.36. The molecule has 0 N–H and O–H groups in total. The van der Waals surface area contributed by atoms with Gasteiger partial charge in [-0.15, -0.1) is 0 Å². The molecule has 5 nitrogen and oxygen atoms in total. The second kappa shape index (κ2) is 7.96. The molecular weight excluding hydrogens is 340 g/mol. The van der Waals surface area contributed by atoms with Gasteiger partial charge in [-0.05, 0) is 35.4 Å². The van der Waals surface area contributed by atoms with E-state index in [1.165, 1.54) is 7.11 Å². The lowest BCUT2D eigenvalue weighted by molar-refractivity contribution is 0.0600. The van der Waals surface area contributed by atoms with Crippen LogP contribution in [0.15, 0.2) is 61.2 Å². The summed E-state index contributed by atoms with van der Waals surface area (Å²) < 4.78 is 12.3. The molecule has 3 rings (SSSR count). The summed E-state index contributed by atoms with van der Waals surface area (Å²) >= 11 is 6.33. The number of methoxy groups -OCH3 is 1. The highest BCUT2D eigenvalue weighted by Gasteiger charge is 2.06. The van der Waals surface area contributed by atoms with Crippen molar-refractivity contribution in [3.63, 3.8) is 0 Å². The van der Waals surface area contributed by atoms with E-state index in [0.29, 0.717) is 23.8 Å². The molecule has 1 aromatic heterocycles. The number of carbonyl (C=O) groups is 1. The molecule has 0 aliphatic rings. The Balaban J connectivity index is 1.58. The summed E-state index contributed by atoms with van der Waals surface area (Å²) in [5.41, 5.74) is 3.35. The number of esters is 1. The van der Waals surface area contributed by atoms with Gasteiger partial charge in [0.1, 0.15) is 0 Å². The number of benzene rings is 2. The van der Waals surface area contributed by atoms with Crippen molar-refractivity contribution in [3.05, 3.63) is 82.9 Å². The van der Waals surface area contributed by atoms with Crippen molar-refractivity contribution < 1.29 is 14.3 Å². The molecule has 0 fully saturated rings. The first kappa shape index (κ1) is 17.2. The van der Waals surface area contributed by atoms with Gasteiger partial charge in [-0.1, -0.05) is 29.8 Å². The van der Waals surface area contributed by atoms with Crippen LogP contribution in [0.25, 0.3) is 5.69 Å². The van der Waals surface area contributed by atoms with Crippen molar-refractivity contribution in [1.29, 1.82) is 0 Å². The van der Waals surface area contributed by atoms with Gasteiger partial charge < -0.3 is 14.0 Å². The van der Waals surface area contributed by atoms with Crippen LogP contribution in [0.1, 0.15) is 21.5 Å². The van der Waals surface area contributed by atoms with E-state index in [9.17, 15) is 4.79 Å². The first-order valence-corrected chi connectivity index (χ1v) is 8.07. The van der Waals surface area contributed by atoms with Crippen LogP contribution >= 0.6 is 11.6 Å². The monoisotopic (exact) mass is 356 g/mol. The van der Waals surface area contributed by atoms with Crippen molar-refractivity contribution in [3.8, 4) is 5.69 Å². The summed E-state index contributed by atoms with van der Waals surface area (Å²) in [6.07, 6.45) is 5.30. The fourth-order valence-corrected chi connectivity index (χ4v) is 2.59. The summed E-state index contributed by atoms with van der Waals surface area (Å²) in [6, 6.07) is 12.9. The van der Waals surface area contributed by atoms with Crippen molar-refractivity contribution in [2.24, 2.45) is 0 Å². The Morgan fingerprint density at radius 2 is 1.96 bits per heavy atom. The Kier molecular flexibility index (Phi) is 5.48. The predicted molar refractivity (Wildman–Crippen MR) is 94.8 cm³/mol. The molecule has 1 heterocycles. The Morgan fingerprint density at radius 1 is 1.16 bits per heavy atom. The molecular formula is C19H17ClN2O3. The van der Waals surface area contributed by atoms with E-state index in [1.807, 2.05) is 41.1 Å². The number of halogens is 1. The van der Waals surface area contributed by atoms with E-state index in [1.54, 1.807) is 24.7 Å². The standard InChI is InChI=1S/C19H17ClN2O3/c1-24-19(23)15-4-2-14(3-5-15)11-25-12-16-6-7-17(10-18(16)20)22-9-8-21-13-22/h2-10,13H,11-12H2,1H3. The Hall–Kier alpha value is -2.63. The molecule has 0 saturated heterocycles. The quantitative estimate of drug-likeness (QED) is 0.626. The number of nitrogens with zero attached hydrogens (tertiary/aromatic N) is 2. The molecule has 0 radical (unpaired) electrons. The van der Waals surface area contributed by atoms with Gasteiger partial charge in [0, 0.05) is 23.1 Å².